The first kappa shape index (κ1) is 12.4. The first-order valence-corrected chi connectivity index (χ1v) is 8.01. The van der Waals surface area contributed by atoms with Gasteiger partial charge in [-0.05, 0) is 57.4 Å². The molecule has 1 aliphatic heterocycles. The number of carbonyl (C=O) groups is 1. The first-order chi connectivity index (χ1) is 9.65. The van der Waals surface area contributed by atoms with Crippen LogP contribution >= 0.6 is 0 Å². The lowest BCUT2D eigenvalue weighted by Gasteiger charge is -2.49. The van der Waals surface area contributed by atoms with Gasteiger partial charge in [0.25, 0.3) is 5.91 Å². The maximum Gasteiger partial charge on any atom is 0.274 e. The van der Waals surface area contributed by atoms with Gasteiger partial charge in [-0.25, -0.2) is 0 Å². The number of rotatable bonds is 4. The average molecular weight is 273 g/mol. The van der Waals surface area contributed by atoms with Gasteiger partial charge in [0.1, 0.15) is 5.69 Å². The van der Waals surface area contributed by atoms with Crippen LogP contribution in [0, 0.1) is 17.8 Å². The van der Waals surface area contributed by atoms with Crippen molar-refractivity contribution < 1.29 is 4.79 Å². The molecule has 2 heterocycles. The van der Waals surface area contributed by atoms with Gasteiger partial charge in [0.2, 0.25) is 0 Å². The van der Waals surface area contributed by atoms with Crippen molar-refractivity contribution in [1.29, 1.82) is 0 Å². The molecule has 20 heavy (non-hydrogen) atoms. The van der Waals surface area contributed by atoms with E-state index < -0.39 is 0 Å². The van der Waals surface area contributed by atoms with Crippen molar-refractivity contribution in [3.63, 3.8) is 0 Å². The van der Waals surface area contributed by atoms with Crippen molar-refractivity contribution in [2.45, 2.75) is 51.6 Å². The number of hydrogen-bond donors (Lipinski definition) is 0. The summed E-state index contributed by atoms with van der Waals surface area (Å²) in [6.07, 6.45) is 7.33. The van der Waals surface area contributed by atoms with Gasteiger partial charge in [-0.1, -0.05) is 0 Å². The zero-order valence-corrected chi connectivity index (χ0v) is 12.3. The van der Waals surface area contributed by atoms with Crippen molar-refractivity contribution in [2.75, 3.05) is 6.54 Å². The SMILES string of the molecule is CC(C)n1ccc(C(=O)N2C[C@H](C3CC3)[C@H]2C2CC2)n1. The fourth-order valence-corrected chi connectivity index (χ4v) is 3.65. The smallest absolute Gasteiger partial charge is 0.274 e. The number of aromatic nitrogens is 2. The Bertz CT molecular complexity index is 528. The minimum absolute atomic E-state index is 0.151. The Hall–Kier alpha value is -1.32. The molecule has 1 saturated heterocycles. The zero-order chi connectivity index (χ0) is 13.9. The van der Waals surface area contributed by atoms with Crippen LogP contribution in [0.1, 0.15) is 56.1 Å². The van der Waals surface area contributed by atoms with E-state index in [0.29, 0.717) is 17.8 Å². The van der Waals surface area contributed by atoms with Gasteiger partial charge < -0.3 is 4.90 Å². The fraction of sp³-hybridized carbons (Fsp3) is 0.750. The zero-order valence-electron chi connectivity index (χ0n) is 12.3. The highest BCUT2D eigenvalue weighted by molar-refractivity contribution is 5.93. The second-order valence-corrected chi connectivity index (χ2v) is 7.06. The molecule has 1 aromatic rings. The van der Waals surface area contributed by atoms with Crippen LogP contribution in [0.5, 0.6) is 0 Å². The Labute approximate surface area is 120 Å². The van der Waals surface area contributed by atoms with Crippen molar-refractivity contribution in [3.05, 3.63) is 18.0 Å². The summed E-state index contributed by atoms with van der Waals surface area (Å²) in [7, 11) is 0. The van der Waals surface area contributed by atoms with Crippen LogP contribution in [0.15, 0.2) is 12.3 Å². The maximum absolute atomic E-state index is 12.6. The summed E-state index contributed by atoms with van der Waals surface area (Å²) in [4.78, 5) is 14.7. The van der Waals surface area contributed by atoms with Gasteiger partial charge >= 0.3 is 0 Å². The summed E-state index contributed by atoms with van der Waals surface area (Å²) in [5.74, 6) is 2.64. The Morgan fingerprint density at radius 2 is 1.95 bits per heavy atom. The van der Waals surface area contributed by atoms with Crippen molar-refractivity contribution >= 4 is 5.91 Å². The molecule has 108 valence electrons. The molecule has 4 heteroatoms. The monoisotopic (exact) mass is 273 g/mol. The summed E-state index contributed by atoms with van der Waals surface area (Å²) in [5, 5.41) is 4.44. The highest BCUT2D eigenvalue weighted by atomic mass is 16.2. The molecule has 0 radical (unpaired) electrons. The summed E-state index contributed by atoms with van der Waals surface area (Å²) in [6.45, 7) is 5.14. The van der Waals surface area contributed by atoms with Crippen LogP contribution in [0.25, 0.3) is 0 Å². The lowest BCUT2D eigenvalue weighted by Crippen LogP contribution is -2.60. The Morgan fingerprint density at radius 3 is 2.50 bits per heavy atom. The number of hydrogen-bond acceptors (Lipinski definition) is 2. The van der Waals surface area contributed by atoms with Crippen LogP contribution in [0.3, 0.4) is 0 Å². The third kappa shape index (κ3) is 1.97. The Morgan fingerprint density at radius 1 is 1.25 bits per heavy atom. The maximum atomic E-state index is 12.6. The van der Waals surface area contributed by atoms with E-state index in [2.05, 4.69) is 23.8 Å². The van der Waals surface area contributed by atoms with E-state index >= 15 is 0 Å². The molecule has 4 nitrogen and oxygen atoms in total. The quantitative estimate of drug-likeness (QED) is 0.846. The number of nitrogens with zero attached hydrogens (tertiary/aromatic N) is 3. The predicted octanol–water partition coefficient (Wildman–Crippen LogP) is 2.72. The van der Waals surface area contributed by atoms with Gasteiger partial charge in [-0.15, -0.1) is 0 Å². The number of likely N-dealkylation sites (tertiary alicyclic amines) is 1. The minimum atomic E-state index is 0.151. The molecule has 0 spiro atoms. The van der Waals surface area contributed by atoms with E-state index in [1.54, 1.807) is 0 Å². The molecule has 2 aliphatic carbocycles. The molecule has 2 atom stereocenters. The summed E-state index contributed by atoms with van der Waals surface area (Å²) >= 11 is 0. The number of amides is 1. The Kier molecular flexibility index (Phi) is 2.69. The van der Waals surface area contributed by atoms with Gasteiger partial charge in [0.05, 0.1) is 0 Å². The summed E-state index contributed by atoms with van der Waals surface area (Å²) in [6, 6.07) is 2.71. The van der Waals surface area contributed by atoms with Gasteiger partial charge in [0, 0.05) is 30.7 Å². The van der Waals surface area contributed by atoms with E-state index in [4.69, 9.17) is 0 Å². The van der Waals surface area contributed by atoms with E-state index in [9.17, 15) is 4.79 Å². The molecule has 3 fully saturated rings. The predicted molar refractivity (Wildman–Crippen MR) is 76.4 cm³/mol. The summed E-state index contributed by atoms with van der Waals surface area (Å²) < 4.78 is 1.87. The van der Waals surface area contributed by atoms with Gasteiger partial charge in [-0.2, -0.15) is 5.10 Å². The van der Waals surface area contributed by atoms with Crippen molar-refractivity contribution in [2.24, 2.45) is 17.8 Å². The van der Waals surface area contributed by atoms with Crippen molar-refractivity contribution in [3.8, 4) is 0 Å². The minimum Gasteiger partial charge on any atom is -0.333 e. The average Bonchev–Trinajstić information content (AvgIpc) is 3.29. The molecule has 0 aromatic carbocycles. The van der Waals surface area contributed by atoms with E-state index in [1.165, 1.54) is 25.7 Å². The molecule has 0 unspecified atom stereocenters. The highest BCUT2D eigenvalue weighted by Crippen LogP contribution is 2.52. The third-order valence-electron chi connectivity index (χ3n) is 5.16. The molecule has 0 bridgehead atoms. The van der Waals surface area contributed by atoms with Crippen LogP contribution in [-0.2, 0) is 0 Å². The second-order valence-electron chi connectivity index (χ2n) is 7.06. The lowest BCUT2D eigenvalue weighted by atomic mass is 9.81. The molecule has 0 N–H and O–H groups in total. The standard InChI is InChI=1S/C16H23N3O/c1-10(2)19-8-7-14(17-19)16(20)18-9-13(11-3-4-11)15(18)12-5-6-12/h7-8,10-13,15H,3-6,9H2,1-2H3/t13-,15-/m1/s1. The molecular weight excluding hydrogens is 250 g/mol. The van der Waals surface area contributed by atoms with Crippen LogP contribution in [0.4, 0.5) is 0 Å². The van der Waals surface area contributed by atoms with Crippen LogP contribution in [0.2, 0.25) is 0 Å². The van der Waals surface area contributed by atoms with E-state index in [0.717, 1.165) is 24.3 Å². The summed E-state index contributed by atoms with van der Waals surface area (Å²) in [5.41, 5.74) is 0.624. The third-order valence-corrected chi connectivity index (χ3v) is 5.16. The molecule has 1 aromatic heterocycles. The fourth-order valence-electron chi connectivity index (χ4n) is 3.65. The highest BCUT2D eigenvalue weighted by Gasteiger charge is 2.54. The van der Waals surface area contributed by atoms with E-state index in [1.807, 2.05) is 16.9 Å². The van der Waals surface area contributed by atoms with Gasteiger partial charge in [0.15, 0.2) is 0 Å². The second kappa shape index (κ2) is 4.34. The molecule has 3 aliphatic rings. The largest absolute Gasteiger partial charge is 0.333 e. The van der Waals surface area contributed by atoms with Crippen molar-refractivity contribution in [1.82, 2.24) is 14.7 Å². The lowest BCUT2D eigenvalue weighted by molar-refractivity contribution is -0.00253. The van der Waals surface area contributed by atoms with Crippen LogP contribution < -0.4 is 0 Å². The normalized spacial score (nSPS) is 29.6. The van der Waals surface area contributed by atoms with Gasteiger partial charge in [-0.3, -0.25) is 9.48 Å². The molecule has 4 rings (SSSR count). The topological polar surface area (TPSA) is 38.1 Å². The Balaban J connectivity index is 1.50. The number of carbonyl (C=O) groups excluding carboxylic acids is 1. The first-order valence-electron chi connectivity index (χ1n) is 8.01. The molecule has 1 amide bonds. The van der Waals surface area contributed by atoms with E-state index in [-0.39, 0.29) is 5.91 Å². The van der Waals surface area contributed by atoms with Crippen LogP contribution in [-0.4, -0.2) is 33.2 Å². The molecule has 2 saturated carbocycles. The molecular formula is C16H23N3O.